The normalized spacial score (nSPS) is 10.9. The van der Waals surface area contributed by atoms with Gasteiger partial charge in [0, 0.05) is 46.0 Å². The molecule has 6 heteroatoms. The molecule has 4 aromatic rings. The summed E-state index contributed by atoms with van der Waals surface area (Å²) in [5, 5.41) is 8.53. The summed E-state index contributed by atoms with van der Waals surface area (Å²) in [6, 6.07) is 13.5. The van der Waals surface area contributed by atoms with Crippen molar-refractivity contribution in [3.63, 3.8) is 0 Å². The number of benzene rings is 1. The highest BCUT2D eigenvalue weighted by Crippen LogP contribution is 2.31. The number of nitrogens with one attached hydrogen (secondary N) is 1. The quantitative estimate of drug-likeness (QED) is 0.599. The van der Waals surface area contributed by atoms with Gasteiger partial charge in [-0.25, -0.2) is 4.98 Å². The first-order valence-electron chi connectivity index (χ1n) is 7.50. The van der Waals surface area contributed by atoms with Gasteiger partial charge in [-0.2, -0.15) is 9.61 Å². The number of hydrogen-bond acceptors (Lipinski definition) is 4. The highest BCUT2D eigenvalue weighted by molar-refractivity contribution is 6.33. The molecule has 3 heterocycles. The van der Waals surface area contributed by atoms with E-state index < -0.39 is 0 Å². The molecule has 1 aromatic carbocycles. The van der Waals surface area contributed by atoms with E-state index in [1.165, 1.54) is 0 Å². The number of aromatic nitrogens is 4. The smallest absolute Gasteiger partial charge is 0.165 e. The SMILES string of the molecule is Cc1cc(Nc2ccncc2)n2ncc(-c3ccccc3Cl)c2n1. The zero-order valence-corrected chi connectivity index (χ0v) is 13.7. The van der Waals surface area contributed by atoms with E-state index in [4.69, 9.17) is 11.6 Å². The van der Waals surface area contributed by atoms with Crippen LogP contribution in [0.15, 0.2) is 61.1 Å². The number of pyridine rings is 1. The Morgan fingerprint density at radius 1 is 1.04 bits per heavy atom. The predicted molar refractivity (Wildman–Crippen MR) is 95.7 cm³/mol. The lowest BCUT2D eigenvalue weighted by molar-refractivity contribution is 0.937. The Kier molecular flexibility index (Phi) is 3.63. The fourth-order valence-electron chi connectivity index (χ4n) is 2.63. The van der Waals surface area contributed by atoms with Gasteiger partial charge in [-0.3, -0.25) is 4.98 Å². The number of anilines is 2. The van der Waals surface area contributed by atoms with E-state index in [0.29, 0.717) is 5.02 Å². The molecule has 1 N–H and O–H groups in total. The van der Waals surface area contributed by atoms with Gasteiger partial charge in [0.15, 0.2) is 5.65 Å². The van der Waals surface area contributed by atoms with Crippen LogP contribution >= 0.6 is 11.6 Å². The molecule has 24 heavy (non-hydrogen) atoms. The van der Waals surface area contributed by atoms with Crippen LogP contribution in [0.3, 0.4) is 0 Å². The molecule has 0 atom stereocenters. The fraction of sp³-hybridized carbons (Fsp3) is 0.0556. The van der Waals surface area contributed by atoms with Gasteiger partial charge in [-0.05, 0) is 25.1 Å². The number of halogens is 1. The molecule has 0 bridgehead atoms. The lowest BCUT2D eigenvalue weighted by Crippen LogP contribution is -2.02. The number of aryl methyl sites for hydroxylation is 1. The number of nitrogens with zero attached hydrogens (tertiary/aromatic N) is 4. The molecule has 4 rings (SSSR count). The second-order valence-electron chi connectivity index (χ2n) is 5.42. The maximum atomic E-state index is 6.34. The summed E-state index contributed by atoms with van der Waals surface area (Å²) in [7, 11) is 0. The average molecular weight is 336 g/mol. The van der Waals surface area contributed by atoms with Crippen LogP contribution in [-0.4, -0.2) is 19.6 Å². The first-order chi connectivity index (χ1) is 11.7. The standard InChI is InChI=1S/C18H14ClN5/c1-12-10-17(23-13-6-8-20-9-7-13)24-18(22-12)15(11-21-24)14-4-2-3-5-16(14)19/h2-11H,1H3,(H,20,23). The Labute approximate surface area is 144 Å². The molecule has 0 saturated carbocycles. The van der Waals surface area contributed by atoms with E-state index >= 15 is 0 Å². The van der Waals surface area contributed by atoms with Crippen LogP contribution in [0.1, 0.15) is 5.69 Å². The third kappa shape index (κ3) is 2.59. The van der Waals surface area contributed by atoms with Crippen LogP contribution in [0.5, 0.6) is 0 Å². The van der Waals surface area contributed by atoms with Gasteiger partial charge in [-0.15, -0.1) is 0 Å². The predicted octanol–water partition coefficient (Wildman–Crippen LogP) is 4.50. The molecular formula is C18H14ClN5. The van der Waals surface area contributed by atoms with Gasteiger partial charge in [0.1, 0.15) is 5.82 Å². The summed E-state index contributed by atoms with van der Waals surface area (Å²) >= 11 is 6.34. The molecule has 0 saturated heterocycles. The van der Waals surface area contributed by atoms with Gasteiger partial charge in [0.2, 0.25) is 0 Å². The van der Waals surface area contributed by atoms with Crippen molar-refractivity contribution in [3.8, 4) is 11.1 Å². The maximum absolute atomic E-state index is 6.34. The molecule has 0 aliphatic heterocycles. The van der Waals surface area contributed by atoms with Gasteiger partial charge in [-0.1, -0.05) is 29.8 Å². The minimum absolute atomic E-state index is 0.680. The Morgan fingerprint density at radius 2 is 1.83 bits per heavy atom. The van der Waals surface area contributed by atoms with Crippen LogP contribution in [0.2, 0.25) is 5.02 Å². The average Bonchev–Trinajstić information content (AvgIpc) is 3.00. The van der Waals surface area contributed by atoms with Crippen molar-refractivity contribution in [1.82, 2.24) is 19.6 Å². The highest BCUT2D eigenvalue weighted by Gasteiger charge is 2.14. The second-order valence-corrected chi connectivity index (χ2v) is 5.82. The van der Waals surface area contributed by atoms with Crippen molar-refractivity contribution in [2.24, 2.45) is 0 Å². The van der Waals surface area contributed by atoms with E-state index in [1.54, 1.807) is 23.1 Å². The molecular weight excluding hydrogens is 322 g/mol. The summed E-state index contributed by atoms with van der Waals surface area (Å²) in [6.07, 6.45) is 5.28. The number of hydrogen-bond donors (Lipinski definition) is 1. The Hall–Kier alpha value is -2.92. The van der Waals surface area contributed by atoms with E-state index in [9.17, 15) is 0 Å². The summed E-state index contributed by atoms with van der Waals surface area (Å²) < 4.78 is 1.78. The van der Waals surface area contributed by atoms with E-state index in [0.717, 1.165) is 34.0 Å². The van der Waals surface area contributed by atoms with E-state index in [1.807, 2.05) is 49.4 Å². The minimum atomic E-state index is 0.680. The monoisotopic (exact) mass is 335 g/mol. The van der Waals surface area contributed by atoms with Gasteiger partial charge in [0.25, 0.3) is 0 Å². The highest BCUT2D eigenvalue weighted by atomic mass is 35.5. The van der Waals surface area contributed by atoms with E-state index in [-0.39, 0.29) is 0 Å². The summed E-state index contributed by atoms with van der Waals surface area (Å²) in [6.45, 7) is 1.96. The van der Waals surface area contributed by atoms with Crippen LogP contribution in [-0.2, 0) is 0 Å². The van der Waals surface area contributed by atoms with Crippen molar-refractivity contribution in [3.05, 3.63) is 71.8 Å². The lowest BCUT2D eigenvalue weighted by Gasteiger charge is -2.09. The molecule has 0 amide bonds. The molecule has 0 radical (unpaired) electrons. The molecule has 5 nitrogen and oxygen atoms in total. The summed E-state index contributed by atoms with van der Waals surface area (Å²) in [5.74, 6) is 0.835. The van der Waals surface area contributed by atoms with Gasteiger partial charge >= 0.3 is 0 Å². The first-order valence-corrected chi connectivity index (χ1v) is 7.87. The molecule has 118 valence electrons. The van der Waals surface area contributed by atoms with Crippen molar-refractivity contribution < 1.29 is 0 Å². The Morgan fingerprint density at radius 3 is 2.62 bits per heavy atom. The third-order valence-electron chi connectivity index (χ3n) is 3.72. The molecule has 0 unspecified atom stereocenters. The van der Waals surface area contributed by atoms with Crippen LogP contribution in [0.4, 0.5) is 11.5 Å². The summed E-state index contributed by atoms with van der Waals surface area (Å²) in [4.78, 5) is 8.68. The van der Waals surface area contributed by atoms with Gasteiger partial charge < -0.3 is 5.32 Å². The zero-order valence-electron chi connectivity index (χ0n) is 12.9. The van der Waals surface area contributed by atoms with Crippen molar-refractivity contribution >= 4 is 28.8 Å². The minimum Gasteiger partial charge on any atom is -0.340 e. The molecule has 0 spiro atoms. The second kappa shape index (κ2) is 5.94. The van der Waals surface area contributed by atoms with Crippen molar-refractivity contribution in [2.75, 3.05) is 5.32 Å². The van der Waals surface area contributed by atoms with Crippen LogP contribution in [0.25, 0.3) is 16.8 Å². The Bertz CT molecular complexity index is 1010. The summed E-state index contributed by atoms with van der Waals surface area (Å²) in [5.41, 5.74) is 4.42. The van der Waals surface area contributed by atoms with Crippen LogP contribution in [0, 0.1) is 6.92 Å². The third-order valence-corrected chi connectivity index (χ3v) is 4.05. The molecule has 0 aliphatic rings. The number of fused-ring (bicyclic) bond motifs is 1. The lowest BCUT2D eigenvalue weighted by atomic mass is 10.1. The van der Waals surface area contributed by atoms with Crippen molar-refractivity contribution in [2.45, 2.75) is 6.92 Å². The molecule has 0 aliphatic carbocycles. The van der Waals surface area contributed by atoms with Gasteiger partial charge in [0.05, 0.1) is 6.20 Å². The maximum Gasteiger partial charge on any atom is 0.165 e. The largest absolute Gasteiger partial charge is 0.340 e. The topological polar surface area (TPSA) is 55.1 Å². The zero-order chi connectivity index (χ0) is 16.5. The first kappa shape index (κ1) is 14.7. The van der Waals surface area contributed by atoms with E-state index in [2.05, 4.69) is 20.4 Å². The molecule has 0 fully saturated rings. The fourth-order valence-corrected chi connectivity index (χ4v) is 2.86. The molecule has 3 aromatic heterocycles. The number of rotatable bonds is 3. The van der Waals surface area contributed by atoms with Crippen LogP contribution < -0.4 is 5.32 Å². The Balaban J connectivity index is 1.87. The van der Waals surface area contributed by atoms with Crippen molar-refractivity contribution in [1.29, 1.82) is 0 Å².